The molecule has 1 fully saturated rings. The SMILES string of the molecule is CC1(C)OB(c2cncc(Cl)c2CCN)OC1(C)C. The van der Waals surface area contributed by atoms with E-state index < -0.39 is 7.12 Å². The van der Waals surface area contributed by atoms with Crippen LogP contribution in [-0.2, 0) is 15.7 Å². The smallest absolute Gasteiger partial charge is 0.399 e. The molecule has 19 heavy (non-hydrogen) atoms. The van der Waals surface area contributed by atoms with Crippen molar-refractivity contribution >= 4 is 24.2 Å². The number of hydrogen-bond acceptors (Lipinski definition) is 4. The van der Waals surface area contributed by atoms with Gasteiger partial charge < -0.3 is 15.0 Å². The summed E-state index contributed by atoms with van der Waals surface area (Å²) in [7, 11) is -0.447. The molecule has 2 heterocycles. The van der Waals surface area contributed by atoms with Crippen molar-refractivity contribution in [3.05, 3.63) is 23.0 Å². The van der Waals surface area contributed by atoms with Gasteiger partial charge in [0.15, 0.2) is 0 Å². The van der Waals surface area contributed by atoms with Gasteiger partial charge in [-0.15, -0.1) is 0 Å². The zero-order valence-corrected chi connectivity index (χ0v) is 12.6. The van der Waals surface area contributed by atoms with Gasteiger partial charge in [-0.25, -0.2) is 0 Å². The van der Waals surface area contributed by atoms with E-state index in [0.717, 1.165) is 11.0 Å². The molecule has 0 bridgehead atoms. The second kappa shape index (κ2) is 5.06. The molecule has 1 aliphatic heterocycles. The van der Waals surface area contributed by atoms with Crippen molar-refractivity contribution in [2.75, 3.05) is 6.54 Å². The second-order valence-corrected chi connectivity index (χ2v) is 6.22. The van der Waals surface area contributed by atoms with Crippen molar-refractivity contribution in [2.24, 2.45) is 5.73 Å². The number of rotatable bonds is 3. The molecule has 104 valence electrons. The number of hydrogen-bond donors (Lipinski definition) is 1. The van der Waals surface area contributed by atoms with Gasteiger partial charge in [0, 0.05) is 17.9 Å². The minimum Gasteiger partial charge on any atom is -0.399 e. The van der Waals surface area contributed by atoms with Crippen LogP contribution in [0.5, 0.6) is 0 Å². The molecule has 2 rings (SSSR count). The van der Waals surface area contributed by atoms with Crippen LogP contribution in [0.4, 0.5) is 0 Å². The van der Waals surface area contributed by atoms with Gasteiger partial charge in [0.1, 0.15) is 0 Å². The van der Waals surface area contributed by atoms with E-state index in [4.69, 9.17) is 26.6 Å². The lowest BCUT2D eigenvalue weighted by Gasteiger charge is -2.32. The lowest BCUT2D eigenvalue weighted by Crippen LogP contribution is -2.41. The van der Waals surface area contributed by atoms with E-state index in [1.54, 1.807) is 12.4 Å². The van der Waals surface area contributed by atoms with Crippen LogP contribution in [0.15, 0.2) is 12.4 Å². The lowest BCUT2D eigenvalue weighted by molar-refractivity contribution is 0.00578. The lowest BCUT2D eigenvalue weighted by atomic mass is 9.76. The Balaban J connectivity index is 2.37. The third-order valence-electron chi connectivity index (χ3n) is 3.94. The van der Waals surface area contributed by atoms with Gasteiger partial charge in [-0.3, -0.25) is 4.98 Å². The first kappa shape index (κ1) is 14.8. The van der Waals surface area contributed by atoms with Crippen molar-refractivity contribution in [3.8, 4) is 0 Å². The van der Waals surface area contributed by atoms with Crippen molar-refractivity contribution in [1.82, 2.24) is 4.98 Å². The van der Waals surface area contributed by atoms with Crippen LogP contribution in [0.25, 0.3) is 0 Å². The number of halogens is 1. The third-order valence-corrected chi connectivity index (χ3v) is 4.27. The molecular formula is C13H20BClN2O2. The Labute approximate surface area is 119 Å². The quantitative estimate of drug-likeness (QED) is 0.854. The largest absolute Gasteiger partial charge is 0.496 e. The van der Waals surface area contributed by atoms with Crippen LogP contribution in [0.2, 0.25) is 5.02 Å². The van der Waals surface area contributed by atoms with E-state index in [1.807, 2.05) is 27.7 Å². The molecule has 0 aliphatic carbocycles. The Morgan fingerprint density at radius 3 is 2.32 bits per heavy atom. The Morgan fingerprint density at radius 2 is 1.79 bits per heavy atom. The summed E-state index contributed by atoms with van der Waals surface area (Å²) in [6.07, 6.45) is 4.06. The maximum absolute atomic E-state index is 6.20. The molecule has 0 unspecified atom stereocenters. The highest BCUT2D eigenvalue weighted by Crippen LogP contribution is 2.36. The summed E-state index contributed by atoms with van der Waals surface area (Å²) in [5.74, 6) is 0. The molecule has 0 saturated carbocycles. The summed E-state index contributed by atoms with van der Waals surface area (Å²) in [4.78, 5) is 4.13. The monoisotopic (exact) mass is 282 g/mol. The van der Waals surface area contributed by atoms with Crippen LogP contribution in [0.3, 0.4) is 0 Å². The van der Waals surface area contributed by atoms with Crippen LogP contribution in [0, 0.1) is 0 Å². The Kier molecular flexibility index (Phi) is 3.93. The zero-order valence-electron chi connectivity index (χ0n) is 11.9. The Hall–Kier alpha value is -0.615. The summed E-state index contributed by atoms with van der Waals surface area (Å²) >= 11 is 6.20. The molecule has 0 atom stereocenters. The number of aromatic nitrogens is 1. The predicted octanol–water partition coefficient (Wildman–Crippen LogP) is 1.54. The molecule has 0 spiro atoms. The van der Waals surface area contributed by atoms with E-state index in [2.05, 4.69) is 4.98 Å². The standard InChI is InChI=1S/C13H20BClN2O2/c1-12(2)13(3,4)19-14(18-12)10-7-17-8-11(15)9(10)5-6-16/h7-8H,5-6,16H2,1-4H3. The number of pyridine rings is 1. The zero-order chi connectivity index (χ0) is 14.3. The summed E-state index contributed by atoms with van der Waals surface area (Å²) in [6.45, 7) is 8.61. The van der Waals surface area contributed by atoms with E-state index in [9.17, 15) is 0 Å². The van der Waals surface area contributed by atoms with Gasteiger partial charge in [-0.1, -0.05) is 11.6 Å². The fourth-order valence-corrected chi connectivity index (χ4v) is 2.32. The van der Waals surface area contributed by atoms with Gasteiger partial charge in [-0.05, 0) is 46.2 Å². The average Bonchev–Trinajstić information content (AvgIpc) is 2.51. The maximum Gasteiger partial charge on any atom is 0.496 e. The van der Waals surface area contributed by atoms with E-state index >= 15 is 0 Å². The summed E-state index contributed by atoms with van der Waals surface area (Å²) in [5, 5.41) is 0.609. The first-order chi connectivity index (χ1) is 8.78. The van der Waals surface area contributed by atoms with E-state index in [0.29, 0.717) is 18.0 Å². The highest BCUT2D eigenvalue weighted by atomic mass is 35.5. The Morgan fingerprint density at radius 1 is 1.21 bits per heavy atom. The van der Waals surface area contributed by atoms with Crippen molar-refractivity contribution in [1.29, 1.82) is 0 Å². The van der Waals surface area contributed by atoms with Gasteiger partial charge in [-0.2, -0.15) is 0 Å². The topological polar surface area (TPSA) is 57.4 Å². The molecule has 1 saturated heterocycles. The minimum absolute atomic E-state index is 0.375. The van der Waals surface area contributed by atoms with Gasteiger partial charge in [0.05, 0.1) is 16.2 Å². The molecule has 1 aliphatic rings. The van der Waals surface area contributed by atoms with Gasteiger partial charge >= 0.3 is 7.12 Å². The van der Waals surface area contributed by atoms with Crippen molar-refractivity contribution in [3.63, 3.8) is 0 Å². The van der Waals surface area contributed by atoms with Crippen LogP contribution in [0.1, 0.15) is 33.3 Å². The molecular weight excluding hydrogens is 262 g/mol. The second-order valence-electron chi connectivity index (χ2n) is 5.82. The highest BCUT2D eigenvalue weighted by Gasteiger charge is 2.52. The number of nitrogens with two attached hydrogens (primary N) is 1. The molecule has 2 N–H and O–H groups in total. The van der Waals surface area contributed by atoms with Gasteiger partial charge in [0.2, 0.25) is 0 Å². The molecule has 0 amide bonds. The van der Waals surface area contributed by atoms with Crippen LogP contribution < -0.4 is 11.2 Å². The molecule has 0 aromatic carbocycles. The molecule has 6 heteroatoms. The average molecular weight is 283 g/mol. The molecule has 4 nitrogen and oxygen atoms in total. The molecule has 1 aromatic rings. The maximum atomic E-state index is 6.20. The first-order valence-electron chi connectivity index (χ1n) is 6.46. The van der Waals surface area contributed by atoms with Crippen LogP contribution in [-0.4, -0.2) is 29.8 Å². The van der Waals surface area contributed by atoms with E-state index in [-0.39, 0.29) is 11.2 Å². The van der Waals surface area contributed by atoms with Crippen LogP contribution >= 0.6 is 11.6 Å². The summed E-state index contributed by atoms with van der Waals surface area (Å²) in [6, 6.07) is 0. The van der Waals surface area contributed by atoms with Gasteiger partial charge in [0.25, 0.3) is 0 Å². The molecule has 1 aromatic heterocycles. The normalized spacial score (nSPS) is 20.8. The van der Waals surface area contributed by atoms with E-state index in [1.165, 1.54) is 0 Å². The summed E-state index contributed by atoms with van der Waals surface area (Å²) < 4.78 is 12.1. The minimum atomic E-state index is -0.447. The van der Waals surface area contributed by atoms with Crippen molar-refractivity contribution in [2.45, 2.75) is 45.3 Å². The Bertz CT molecular complexity index is 464. The fourth-order valence-electron chi connectivity index (χ4n) is 2.06. The third kappa shape index (κ3) is 2.65. The predicted molar refractivity (Wildman–Crippen MR) is 77.7 cm³/mol. The van der Waals surface area contributed by atoms with Crippen molar-refractivity contribution < 1.29 is 9.31 Å². The molecule has 0 radical (unpaired) electrons. The highest BCUT2D eigenvalue weighted by molar-refractivity contribution is 6.63. The number of nitrogens with zero attached hydrogens (tertiary/aromatic N) is 1. The summed E-state index contributed by atoms with van der Waals surface area (Å²) in [5.41, 5.74) is 6.72. The fraction of sp³-hybridized carbons (Fsp3) is 0.615. The first-order valence-corrected chi connectivity index (χ1v) is 6.84.